The molecule has 3 aliphatic heterocycles. The van der Waals surface area contributed by atoms with Crippen LogP contribution in [0.1, 0.15) is 19.3 Å². The second kappa shape index (κ2) is 8.43. The third-order valence-electron chi connectivity index (χ3n) is 6.11. The fourth-order valence-electron chi connectivity index (χ4n) is 4.44. The van der Waals surface area contributed by atoms with Crippen molar-refractivity contribution in [2.45, 2.75) is 36.7 Å². The van der Waals surface area contributed by atoms with Gasteiger partial charge in [-0.3, -0.25) is 24.2 Å². The molecule has 3 amide bonds. The molecule has 2 saturated heterocycles. The number of aromatic nitrogens is 1. The molecular formula is C20H20N6O6S2. The van der Waals surface area contributed by atoms with E-state index in [2.05, 4.69) is 10.1 Å². The number of allylic oxidation sites excluding steroid dienone is 1. The summed E-state index contributed by atoms with van der Waals surface area (Å²) in [5, 5.41) is 22.5. The molecule has 0 aromatic carbocycles. The summed E-state index contributed by atoms with van der Waals surface area (Å²) < 4.78 is 0. The summed E-state index contributed by atoms with van der Waals surface area (Å²) in [5.41, 5.74) is 6.41. The zero-order valence-corrected chi connectivity index (χ0v) is 19.3. The molecule has 0 radical (unpaired) electrons. The third kappa shape index (κ3) is 3.62. The van der Waals surface area contributed by atoms with Crippen molar-refractivity contribution in [2.24, 2.45) is 5.16 Å². The SMILES string of the molecule is Nc1nc(N(C(=O)C=NO)[C@@H]2C(=O)N3C(C(=O)O)=C(C=C4CCN(C5CC5)C4=O)CS[C@H]23)cs1. The molecule has 1 aromatic rings. The molecule has 4 heterocycles. The van der Waals surface area contributed by atoms with Crippen LogP contribution in [0.5, 0.6) is 0 Å². The monoisotopic (exact) mass is 504 g/mol. The second-order valence-corrected chi connectivity index (χ2v) is 10.2. The maximum absolute atomic E-state index is 13.2. The van der Waals surface area contributed by atoms with Crippen LogP contribution in [-0.4, -0.2) is 84.8 Å². The lowest BCUT2D eigenvalue weighted by Gasteiger charge is -2.51. The van der Waals surface area contributed by atoms with Crippen molar-refractivity contribution < 1.29 is 29.5 Å². The molecule has 4 N–H and O–H groups in total. The predicted molar refractivity (Wildman–Crippen MR) is 123 cm³/mol. The molecule has 4 aliphatic rings. The number of thiazole rings is 1. The van der Waals surface area contributed by atoms with Gasteiger partial charge in [0.05, 0.1) is 0 Å². The second-order valence-electron chi connectivity index (χ2n) is 8.18. The number of fused-ring (bicyclic) bond motifs is 1. The number of β-lactam (4-membered cyclic amide) rings is 1. The van der Waals surface area contributed by atoms with Gasteiger partial charge < -0.3 is 20.9 Å². The Morgan fingerprint density at radius 1 is 1.32 bits per heavy atom. The quantitative estimate of drug-likeness (QED) is 0.164. The third-order valence-corrected chi connectivity index (χ3v) is 8.06. The van der Waals surface area contributed by atoms with E-state index < -0.39 is 29.2 Å². The van der Waals surface area contributed by atoms with Crippen LogP contribution in [0.15, 0.2) is 33.5 Å². The van der Waals surface area contributed by atoms with Gasteiger partial charge in [-0.1, -0.05) is 5.16 Å². The van der Waals surface area contributed by atoms with E-state index in [-0.39, 0.29) is 34.3 Å². The van der Waals surface area contributed by atoms with Gasteiger partial charge in [0.25, 0.3) is 11.8 Å². The molecule has 178 valence electrons. The number of nitrogens with zero attached hydrogens (tertiary/aromatic N) is 5. The zero-order valence-electron chi connectivity index (χ0n) is 17.7. The van der Waals surface area contributed by atoms with E-state index in [4.69, 9.17) is 10.9 Å². The first-order valence-electron chi connectivity index (χ1n) is 10.5. The minimum absolute atomic E-state index is 0.0825. The van der Waals surface area contributed by atoms with Crippen LogP contribution < -0.4 is 10.6 Å². The summed E-state index contributed by atoms with van der Waals surface area (Å²) in [7, 11) is 0. The topological polar surface area (TPSA) is 170 Å². The van der Waals surface area contributed by atoms with Crippen molar-refractivity contribution >= 4 is 64.0 Å². The van der Waals surface area contributed by atoms with E-state index in [1.54, 1.807) is 6.08 Å². The van der Waals surface area contributed by atoms with E-state index in [0.29, 0.717) is 30.3 Å². The molecule has 34 heavy (non-hydrogen) atoms. The van der Waals surface area contributed by atoms with Crippen molar-refractivity contribution in [1.29, 1.82) is 0 Å². The first kappa shape index (κ1) is 22.4. The maximum Gasteiger partial charge on any atom is 0.352 e. The number of oxime groups is 1. The highest BCUT2D eigenvalue weighted by molar-refractivity contribution is 8.00. The van der Waals surface area contributed by atoms with Crippen molar-refractivity contribution in [3.63, 3.8) is 0 Å². The van der Waals surface area contributed by atoms with E-state index in [1.807, 2.05) is 4.90 Å². The Morgan fingerprint density at radius 2 is 2.09 bits per heavy atom. The van der Waals surface area contributed by atoms with Crippen LogP contribution in [0.25, 0.3) is 0 Å². The smallest absolute Gasteiger partial charge is 0.352 e. The fourth-order valence-corrected chi connectivity index (χ4v) is 6.33. The number of hydrogen-bond donors (Lipinski definition) is 3. The Labute approximate surface area is 201 Å². The Morgan fingerprint density at radius 3 is 2.71 bits per heavy atom. The molecule has 0 spiro atoms. The number of carboxylic acid groups (broad SMARTS) is 1. The number of carboxylic acids is 1. The number of thioether (sulfide) groups is 1. The van der Waals surface area contributed by atoms with Crippen LogP contribution in [0.4, 0.5) is 10.9 Å². The number of aliphatic carboxylic acids is 1. The molecule has 12 nitrogen and oxygen atoms in total. The average Bonchev–Trinajstić information content (AvgIpc) is 3.45. The maximum atomic E-state index is 13.2. The number of nitrogens with two attached hydrogens (primary N) is 1. The number of anilines is 2. The minimum atomic E-state index is -1.29. The van der Waals surface area contributed by atoms with Crippen LogP contribution in [-0.2, 0) is 19.2 Å². The number of nitrogen functional groups attached to an aromatic ring is 1. The van der Waals surface area contributed by atoms with E-state index >= 15 is 0 Å². The lowest BCUT2D eigenvalue weighted by atomic mass is 10.00. The average molecular weight is 505 g/mol. The molecule has 0 bridgehead atoms. The highest BCUT2D eigenvalue weighted by Gasteiger charge is 2.57. The summed E-state index contributed by atoms with van der Waals surface area (Å²) in [5.74, 6) is -2.44. The van der Waals surface area contributed by atoms with Gasteiger partial charge in [0.1, 0.15) is 29.1 Å². The highest BCUT2D eigenvalue weighted by Crippen LogP contribution is 2.44. The van der Waals surface area contributed by atoms with Crippen molar-refractivity contribution in [2.75, 3.05) is 22.9 Å². The lowest BCUT2D eigenvalue weighted by molar-refractivity contribution is -0.148. The van der Waals surface area contributed by atoms with Gasteiger partial charge >= 0.3 is 5.97 Å². The number of likely N-dealkylation sites (tertiary alicyclic amines) is 1. The Balaban J connectivity index is 1.46. The zero-order chi connectivity index (χ0) is 24.1. The molecular weight excluding hydrogens is 484 g/mol. The molecule has 1 saturated carbocycles. The van der Waals surface area contributed by atoms with E-state index in [1.165, 1.54) is 17.1 Å². The summed E-state index contributed by atoms with van der Waals surface area (Å²) in [4.78, 5) is 58.8. The predicted octanol–water partition coefficient (Wildman–Crippen LogP) is 0.462. The molecule has 5 rings (SSSR count). The number of carbonyl (C=O) groups is 4. The normalized spacial score (nSPS) is 25.8. The van der Waals surface area contributed by atoms with E-state index in [9.17, 15) is 24.3 Å². The van der Waals surface area contributed by atoms with Crippen LogP contribution >= 0.6 is 23.1 Å². The van der Waals surface area contributed by atoms with Crippen LogP contribution in [0.2, 0.25) is 0 Å². The summed E-state index contributed by atoms with van der Waals surface area (Å²) in [6.45, 7) is 0.617. The minimum Gasteiger partial charge on any atom is -0.477 e. The molecule has 1 aliphatic carbocycles. The molecule has 0 unspecified atom stereocenters. The fraction of sp³-hybridized carbons (Fsp3) is 0.400. The van der Waals surface area contributed by atoms with Gasteiger partial charge in [0.15, 0.2) is 5.13 Å². The first-order chi connectivity index (χ1) is 16.3. The van der Waals surface area contributed by atoms with Gasteiger partial charge in [-0.15, -0.1) is 23.1 Å². The summed E-state index contributed by atoms with van der Waals surface area (Å²) >= 11 is 2.35. The Hall–Kier alpha value is -3.39. The number of amides is 3. The highest BCUT2D eigenvalue weighted by atomic mass is 32.2. The molecule has 1 aromatic heterocycles. The van der Waals surface area contributed by atoms with E-state index in [0.717, 1.165) is 34.0 Å². The van der Waals surface area contributed by atoms with Crippen molar-refractivity contribution in [3.8, 4) is 0 Å². The Bertz CT molecular complexity index is 1190. The summed E-state index contributed by atoms with van der Waals surface area (Å²) in [6.07, 6.45) is 4.75. The summed E-state index contributed by atoms with van der Waals surface area (Å²) in [6, 6.07) is -0.779. The van der Waals surface area contributed by atoms with Gasteiger partial charge in [0.2, 0.25) is 5.91 Å². The van der Waals surface area contributed by atoms with Gasteiger partial charge in [-0.05, 0) is 30.9 Å². The van der Waals surface area contributed by atoms with Crippen molar-refractivity contribution in [1.82, 2.24) is 14.8 Å². The lowest BCUT2D eigenvalue weighted by Crippen LogP contribution is -2.71. The number of carbonyl (C=O) groups excluding carboxylic acids is 3. The van der Waals surface area contributed by atoms with Gasteiger partial charge in [-0.2, -0.15) is 0 Å². The first-order valence-corrected chi connectivity index (χ1v) is 12.4. The van der Waals surface area contributed by atoms with Crippen molar-refractivity contribution in [3.05, 3.63) is 28.3 Å². The number of rotatable bonds is 6. The Kier molecular flexibility index (Phi) is 5.56. The molecule has 3 fully saturated rings. The molecule has 2 atom stereocenters. The standard InChI is InChI=1S/C20H20N6O6S2/c21-20-23-12(8-34-20)25(13(27)6-22-32)15-17(29)26-14(19(30)31)10(7-33-18(15)26)5-9-3-4-24(16(9)28)11-1-2-11/h5-6,8,11,15,18,32H,1-4,7H2,(H2,21,23)(H,30,31)/t15-,18-/m1/s1. The molecule has 14 heteroatoms. The van der Waals surface area contributed by atoms with Crippen LogP contribution in [0.3, 0.4) is 0 Å². The van der Waals surface area contributed by atoms with Gasteiger partial charge in [0, 0.05) is 29.3 Å². The number of hydrogen-bond acceptors (Lipinski definition) is 10. The van der Waals surface area contributed by atoms with Gasteiger partial charge in [-0.25, -0.2) is 9.78 Å². The van der Waals surface area contributed by atoms with Crippen LogP contribution in [0, 0.1) is 0 Å². The largest absolute Gasteiger partial charge is 0.477 e.